The maximum atomic E-state index is 12.9. The zero-order valence-corrected chi connectivity index (χ0v) is 18.2. The highest BCUT2D eigenvalue weighted by Gasteiger charge is 2.21. The third-order valence-corrected chi connectivity index (χ3v) is 5.69. The number of amides is 1. The number of nitrogens with zero attached hydrogens (tertiary/aromatic N) is 1. The molecule has 0 atom stereocenters. The molecule has 1 aromatic heterocycles. The highest BCUT2D eigenvalue weighted by Crippen LogP contribution is 2.30. The van der Waals surface area contributed by atoms with Gasteiger partial charge in [-0.15, -0.1) is 0 Å². The molecule has 0 fully saturated rings. The molecule has 0 saturated carbocycles. The Hall–Kier alpha value is -3.59. The molecule has 1 amide bonds. The first-order valence-corrected chi connectivity index (χ1v) is 11.0. The van der Waals surface area contributed by atoms with Gasteiger partial charge < -0.3 is 14.8 Å². The van der Waals surface area contributed by atoms with Crippen molar-refractivity contribution in [2.45, 2.75) is 18.7 Å². The molecule has 0 radical (unpaired) electrons. The molecule has 0 spiro atoms. The number of benzene rings is 2. The van der Waals surface area contributed by atoms with Crippen molar-refractivity contribution in [2.24, 2.45) is 0 Å². The van der Waals surface area contributed by atoms with Gasteiger partial charge in [-0.25, -0.2) is 13.4 Å². The van der Waals surface area contributed by atoms with E-state index in [1.54, 1.807) is 31.2 Å². The largest absolute Gasteiger partial charge is 0.492 e. The average molecular weight is 442 g/mol. The molecule has 0 aliphatic rings. The molecular weight excluding hydrogens is 418 g/mol. The van der Waals surface area contributed by atoms with Crippen LogP contribution in [0.15, 0.2) is 65.7 Å². The Labute approximate surface area is 181 Å². The lowest BCUT2D eigenvalue weighted by Gasteiger charge is -2.15. The summed E-state index contributed by atoms with van der Waals surface area (Å²) < 4.78 is 39.0. The number of carbonyl (C=O) groups excluding carboxylic acids is 1. The van der Waals surface area contributed by atoms with Crippen molar-refractivity contribution < 1.29 is 22.7 Å². The summed E-state index contributed by atoms with van der Waals surface area (Å²) in [5, 5.41) is 2.73. The number of rotatable bonds is 8. The molecule has 162 valence electrons. The number of anilines is 2. The van der Waals surface area contributed by atoms with Crippen molar-refractivity contribution in [3.05, 3.63) is 71.9 Å². The Morgan fingerprint density at radius 1 is 1.06 bits per heavy atom. The highest BCUT2D eigenvalue weighted by atomic mass is 32.2. The molecule has 31 heavy (non-hydrogen) atoms. The van der Waals surface area contributed by atoms with Gasteiger partial charge in [-0.05, 0) is 49.7 Å². The lowest BCUT2D eigenvalue weighted by atomic mass is 10.2. The number of methoxy groups -OCH3 is 1. The fourth-order valence-corrected chi connectivity index (χ4v) is 4.04. The van der Waals surface area contributed by atoms with Crippen LogP contribution in [-0.4, -0.2) is 33.0 Å². The molecular formula is C22H23N3O5S. The fourth-order valence-electron chi connectivity index (χ4n) is 2.86. The molecule has 0 unspecified atom stereocenters. The number of nitrogens with one attached hydrogen (secondary N) is 2. The maximum Gasteiger partial charge on any atom is 0.265 e. The van der Waals surface area contributed by atoms with Gasteiger partial charge in [0.1, 0.15) is 10.6 Å². The summed E-state index contributed by atoms with van der Waals surface area (Å²) in [6.45, 7) is 3.88. The standard InChI is InChI=1S/C22H23N3O5S/c1-4-30-19-14-17(24-22(26)16-10-11-23-21(13-16)29-3)8-9-20(19)31(27,28)25-18-7-5-6-15(2)12-18/h5-14,25H,4H2,1-3H3,(H,24,26). The topological polar surface area (TPSA) is 107 Å². The van der Waals surface area contributed by atoms with Crippen LogP contribution >= 0.6 is 0 Å². The summed E-state index contributed by atoms with van der Waals surface area (Å²) in [5.41, 5.74) is 2.11. The molecule has 0 aliphatic carbocycles. The predicted octanol–water partition coefficient (Wildman–Crippen LogP) is 3.85. The van der Waals surface area contributed by atoms with E-state index in [1.165, 1.54) is 37.6 Å². The SMILES string of the molecule is CCOc1cc(NC(=O)c2ccnc(OC)c2)ccc1S(=O)(=O)Nc1cccc(C)c1. The van der Waals surface area contributed by atoms with Gasteiger partial charge in [-0.2, -0.15) is 0 Å². The van der Waals surface area contributed by atoms with E-state index in [0.717, 1.165) is 5.56 Å². The average Bonchev–Trinajstić information content (AvgIpc) is 2.73. The zero-order valence-electron chi connectivity index (χ0n) is 17.4. The molecule has 9 heteroatoms. The van der Waals surface area contributed by atoms with Gasteiger partial charge in [0.15, 0.2) is 0 Å². The molecule has 0 bridgehead atoms. The summed E-state index contributed by atoms with van der Waals surface area (Å²) in [6.07, 6.45) is 1.46. The van der Waals surface area contributed by atoms with Gasteiger partial charge in [-0.3, -0.25) is 9.52 Å². The predicted molar refractivity (Wildman–Crippen MR) is 118 cm³/mol. The molecule has 1 heterocycles. The van der Waals surface area contributed by atoms with Crippen LogP contribution in [0, 0.1) is 6.92 Å². The number of carbonyl (C=O) groups is 1. The Kier molecular flexibility index (Phi) is 6.76. The van der Waals surface area contributed by atoms with Gasteiger partial charge in [0.2, 0.25) is 5.88 Å². The van der Waals surface area contributed by atoms with Gasteiger partial charge in [0.25, 0.3) is 15.9 Å². The number of ether oxygens (including phenoxy) is 2. The summed E-state index contributed by atoms with van der Waals surface area (Å²) in [7, 11) is -2.44. The monoisotopic (exact) mass is 441 g/mol. The van der Waals surface area contributed by atoms with E-state index >= 15 is 0 Å². The minimum atomic E-state index is -3.90. The van der Waals surface area contributed by atoms with Crippen molar-refractivity contribution >= 4 is 27.3 Å². The van der Waals surface area contributed by atoms with Crippen LogP contribution in [0.3, 0.4) is 0 Å². The minimum Gasteiger partial charge on any atom is -0.492 e. The fraction of sp³-hybridized carbons (Fsp3) is 0.182. The van der Waals surface area contributed by atoms with Crippen molar-refractivity contribution in [2.75, 3.05) is 23.8 Å². The van der Waals surface area contributed by atoms with E-state index in [9.17, 15) is 13.2 Å². The first-order valence-electron chi connectivity index (χ1n) is 9.50. The second kappa shape index (κ2) is 9.48. The summed E-state index contributed by atoms with van der Waals surface area (Å²) in [5.74, 6) is 0.0516. The van der Waals surface area contributed by atoms with Crippen LogP contribution in [0.1, 0.15) is 22.8 Å². The second-order valence-electron chi connectivity index (χ2n) is 6.61. The van der Waals surface area contributed by atoms with E-state index in [1.807, 2.05) is 13.0 Å². The third kappa shape index (κ3) is 5.52. The second-order valence-corrected chi connectivity index (χ2v) is 8.26. The molecule has 3 rings (SSSR count). The molecule has 2 aromatic carbocycles. The zero-order chi connectivity index (χ0) is 22.4. The number of pyridine rings is 1. The van der Waals surface area contributed by atoms with Crippen molar-refractivity contribution in [1.82, 2.24) is 4.98 Å². The van der Waals surface area contributed by atoms with Gasteiger partial charge in [-0.1, -0.05) is 12.1 Å². The maximum absolute atomic E-state index is 12.9. The van der Waals surface area contributed by atoms with Crippen LogP contribution in [0.25, 0.3) is 0 Å². The van der Waals surface area contributed by atoms with E-state index in [4.69, 9.17) is 9.47 Å². The molecule has 8 nitrogen and oxygen atoms in total. The number of hydrogen-bond acceptors (Lipinski definition) is 6. The van der Waals surface area contributed by atoms with Gasteiger partial charge in [0.05, 0.1) is 13.7 Å². The van der Waals surface area contributed by atoms with E-state index in [2.05, 4.69) is 15.0 Å². The van der Waals surface area contributed by atoms with Crippen LogP contribution in [0.4, 0.5) is 11.4 Å². The van der Waals surface area contributed by atoms with E-state index < -0.39 is 15.9 Å². The molecule has 0 aliphatic heterocycles. The van der Waals surface area contributed by atoms with E-state index in [-0.39, 0.29) is 17.3 Å². The third-order valence-electron chi connectivity index (χ3n) is 4.27. The van der Waals surface area contributed by atoms with Crippen LogP contribution in [0.2, 0.25) is 0 Å². The van der Waals surface area contributed by atoms with Crippen molar-refractivity contribution in [3.8, 4) is 11.6 Å². The first-order chi connectivity index (χ1) is 14.8. The number of aryl methyl sites for hydroxylation is 1. The Bertz CT molecular complexity index is 1200. The number of hydrogen-bond donors (Lipinski definition) is 2. The first kappa shape index (κ1) is 22.1. The normalized spacial score (nSPS) is 10.9. The molecule has 0 saturated heterocycles. The molecule has 2 N–H and O–H groups in total. The highest BCUT2D eigenvalue weighted by molar-refractivity contribution is 7.92. The van der Waals surface area contributed by atoms with Gasteiger partial charge in [0, 0.05) is 35.3 Å². The van der Waals surface area contributed by atoms with Crippen LogP contribution < -0.4 is 19.5 Å². The van der Waals surface area contributed by atoms with Crippen LogP contribution in [-0.2, 0) is 10.0 Å². The number of sulfonamides is 1. The Morgan fingerprint density at radius 3 is 2.58 bits per heavy atom. The summed E-state index contributed by atoms with van der Waals surface area (Å²) >= 11 is 0. The molecule has 3 aromatic rings. The number of aromatic nitrogens is 1. The summed E-state index contributed by atoms with van der Waals surface area (Å²) in [4.78, 5) is 16.5. The van der Waals surface area contributed by atoms with Crippen molar-refractivity contribution in [1.29, 1.82) is 0 Å². The quantitative estimate of drug-likeness (QED) is 0.550. The minimum absolute atomic E-state index is 0.0283. The summed E-state index contributed by atoms with van der Waals surface area (Å²) in [6, 6.07) is 14.5. The van der Waals surface area contributed by atoms with Crippen LogP contribution in [0.5, 0.6) is 11.6 Å². The van der Waals surface area contributed by atoms with E-state index in [0.29, 0.717) is 22.8 Å². The lowest BCUT2D eigenvalue weighted by molar-refractivity contribution is 0.102. The Morgan fingerprint density at radius 2 is 1.87 bits per heavy atom. The smallest absolute Gasteiger partial charge is 0.265 e. The van der Waals surface area contributed by atoms with Crippen molar-refractivity contribution in [3.63, 3.8) is 0 Å². The Balaban J connectivity index is 1.87. The van der Waals surface area contributed by atoms with Gasteiger partial charge >= 0.3 is 0 Å². The lowest BCUT2D eigenvalue weighted by Crippen LogP contribution is -2.16.